The molecule has 0 aromatic carbocycles. The highest BCUT2D eigenvalue weighted by Gasteiger charge is 2.13. The molecule has 0 saturated carbocycles. The number of unbranched alkanes of at least 4 members (excludes halogenated alkanes) is 12. The van der Waals surface area contributed by atoms with E-state index in [1.165, 1.54) is 64.9 Å². The third kappa shape index (κ3) is 15.6. The van der Waals surface area contributed by atoms with Gasteiger partial charge in [0.1, 0.15) is 0 Å². The van der Waals surface area contributed by atoms with Crippen LogP contribution >= 0.6 is 0 Å². The van der Waals surface area contributed by atoms with Crippen LogP contribution in [0.2, 0.25) is 0 Å². The summed E-state index contributed by atoms with van der Waals surface area (Å²) in [6.45, 7) is 3.97. The SMILES string of the molecule is COC(=O)CCCCCCCCCCCCCCCNS(=O)(=O)C(C)C. The molecule has 0 atom stereocenters. The Hall–Kier alpha value is -0.620. The van der Waals surface area contributed by atoms with Crippen LogP contribution in [0.4, 0.5) is 0 Å². The topological polar surface area (TPSA) is 72.5 Å². The fraction of sp³-hybridized carbons (Fsp3) is 0.950. The maximum absolute atomic E-state index is 11.6. The summed E-state index contributed by atoms with van der Waals surface area (Å²) < 4.78 is 30.4. The summed E-state index contributed by atoms with van der Waals surface area (Å²) in [5, 5.41) is -0.345. The van der Waals surface area contributed by atoms with Crippen molar-refractivity contribution in [1.29, 1.82) is 0 Å². The van der Waals surface area contributed by atoms with E-state index in [-0.39, 0.29) is 11.2 Å². The molecule has 5 nitrogen and oxygen atoms in total. The number of esters is 1. The quantitative estimate of drug-likeness (QED) is 0.265. The highest BCUT2D eigenvalue weighted by molar-refractivity contribution is 7.90. The molecule has 0 aliphatic heterocycles. The van der Waals surface area contributed by atoms with Crippen molar-refractivity contribution < 1.29 is 17.9 Å². The lowest BCUT2D eigenvalue weighted by Crippen LogP contribution is -2.31. The van der Waals surface area contributed by atoms with Crippen LogP contribution in [0.3, 0.4) is 0 Å². The Labute approximate surface area is 161 Å². The minimum absolute atomic E-state index is 0.0955. The number of nitrogens with one attached hydrogen (secondary N) is 1. The largest absolute Gasteiger partial charge is 0.469 e. The molecule has 1 N–H and O–H groups in total. The van der Waals surface area contributed by atoms with Crippen LogP contribution in [0.5, 0.6) is 0 Å². The molecule has 6 heteroatoms. The molecular weight excluding hydrogens is 350 g/mol. The van der Waals surface area contributed by atoms with E-state index in [0.717, 1.165) is 25.7 Å². The fourth-order valence-corrected chi connectivity index (χ4v) is 3.58. The second-order valence-electron chi connectivity index (χ2n) is 7.41. The molecule has 156 valence electrons. The summed E-state index contributed by atoms with van der Waals surface area (Å²) in [6.07, 6.45) is 16.1. The number of sulfonamides is 1. The molecule has 0 aliphatic carbocycles. The molecule has 26 heavy (non-hydrogen) atoms. The zero-order chi connectivity index (χ0) is 19.7. The van der Waals surface area contributed by atoms with Crippen molar-refractivity contribution >= 4 is 16.0 Å². The first-order valence-electron chi connectivity index (χ1n) is 10.5. The lowest BCUT2D eigenvalue weighted by atomic mass is 10.0. The van der Waals surface area contributed by atoms with Gasteiger partial charge in [-0.2, -0.15) is 0 Å². The van der Waals surface area contributed by atoms with Gasteiger partial charge in [0, 0.05) is 13.0 Å². The average Bonchev–Trinajstić information content (AvgIpc) is 2.60. The maximum Gasteiger partial charge on any atom is 0.305 e. The molecule has 0 radical (unpaired) electrons. The summed E-state index contributed by atoms with van der Waals surface area (Å²) in [7, 11) is -1.65. The van der Waals surface area contributed by atoms with E-state index in [1.807, 2.05) is 0 Å². The smallest absolute Gasteiger partial charge is 0.305 e. The van der Waals surface area contributed by atoms with Crippen LogP contribution in [0.25, 0.3) is 0 Å². The number of carbonyl (C=O) groups excluding carboxylic acids is 1. The van der Waals surface area contributed by atoms with Crippen molar-refractivity contribution in [3.05, 3.63) is 0 Å². The van der Waals surface area contributed by atoms with E-state index >= 15 is 0 Å². The molecule has 0 bridgehead atoms. The van der Waals surface area contributed by atoms with Crippen LogP contribution < -0.4 is 4.72 Å². The van der Waals surface area contributed by atoms with Gasteiger partial charge in [0.05, 0.1) is 12.4 Å². The van der Waals surface area contributed by atoms with Crippen LogP contribution in [0, 0.1) is 0 Å². The lowest BCUT2D eigenvalue weighted by Gasteiger charge is -2.09. The summed E-state index contributed by atoms with van der Waals surface area (Å²) in [5.41, 5.74) is 0. The summed E-state index contributed by atoms with van der Waals surface area (Å²) in [5.74, 6) is -0.0955. The predicted octanol–water partition coefficient (Wildman–Crippen LogP) is 4.95. The molecule has 0 aromatic rings. The minimum Gasteiger partial charge on any atom is -0.469 e. The van der Waals surface area contributed by atoms with E-state index in [9.17, 15) is 13.2 Å². The monoisotopic (exact) mass is 391 g/mol. The normalized spacial score (nSPS) is 11.8. The third-order valence-electron chi connectivity index (χ3n) is 4.71. The predicted molar refractivity (Wildman–Crippen MR) is 109 cm³/mol. The number of ether oxygens (including phenoxy) is 1. The summed E-state index contributed by atoms with van der Waals surface area (Å²) in [6, 6.07) is 0. The molecule has 0 amide bonds. The first-order chi connectivity index (χ1) is 12.4. The van der Waals surface area contributed by atoms with Crippen LogP contribution in [0.15, 0.2) is 0 Å². The Bertz CT molecular complexity index is 435. The molecule has 0 spiro atoms. The van der Waals surface area contributed by atoms with Crippen molar-refractivity contribution in [3.63, 3.8) is 0 Å². The van der Waals surface area contributed by atoms with Gasteiger partial charge in [0.25, 0.3) is 0 Å². The Morgan fingerprint density at radius 2 is 1.15 bits per heavy atom. The molecule has 0 rings (SSSR count). The van der Waals surface area contributed by atoms with Gasteiger partial charge in [-0.25, -0.2) is 13.1 Å². The van der Waals surface area contributed by atoms with Gasteiger partial charge in [-0.05, 0) is 26.7 Å². The van der Waals surface area contributed by atoms with E-state index in [1.54, 1.807) is 13.8 Å². The standard InChI is InChI=1S/C20H41NO4S/c1-19(2)26(23,24)21-18-16-14-12-10-8-6-4-5-7-9-11-13-15-17-20(22)25-3/h19,21H,4-18H2,1-3H3. The molecule has 0 unspecified atom stereocenters. The molecular formula is C20H41NO4S. The van der Waals surface area contributed by atoms with Gasteiger partial charge in [-0.15, -0.1) is 0 Å². The maximum atomic E-state index is 11.6. The van der Waals surface area contributed by atoms with Gasteiger partial charge in [-0.3, -0.25) is 4.79 Å². The van der Waals surface area contributed by atoms with Crippen molar-refractivity contribution in [3.8, 4) is 0 Å². The number of hydrogen-bond donors (Lipinski definition) is 1. The van der Waals surface area contributed by atoms with Gasteiger partial charge in [0.2, 0.25) is 10.0 Å². The van der Waals surface area contributed by atoms with Crippen LogP contribution in [-0.4, -0.2) is 33.3 Å². The minimum atomic E-state index is -3.09. The Balaban J connectivity index is 3.19. The van der Waals surface area contributed by atoms with Crippen molar-refractivity contribution in [2.45, 2.75) is 109 Å². The molecule has 0 fully saturated rings. The van der Waals surface area contributed by atoms with Gasteiger partial charge < -0.3 is 4.74 Å². The summed E-state index contributed by atoms with van der Waals surface area (Å²) >= 11 is 0. The molecule has 0 aromatic heterocycles. The number of rotatable bonds is 18. The second-order valence-corrected chi connectivity index (χ2v) is 9.73. The number of hydrogen-bond acceptors (Lipinski definition) is 4. The first kappa shape index (κ1) is 25.4. The fourth-order valence-electron chi connectivity index (χ4n) is 2.82. The van der Waals surface area contributed by atoms with Crippen molar-refractivity contribution in [1.82, 2.24) is 4.72 Å². The average molecular weight is 392 g/mol. The summed E-state index contributed by atoms with van der Waals surface area (Å²) in [4.78, 5) is 11.0. The van der Waals surface area contributed by atoms with E-state index < -0.39 is 10.0 Å². The highest BCUT2D eigenvalue weighted by Crippen LogP contribution is 2.13. The lowest BCUT2D eigenvalue weighted by molar-refractivity contribution is -0.140. The Morgan fingerprint density at radius 3 is 1.54 bits per heavy atom. The van der Waals surface area contributed by atoms with Crippen LogP contribution in [0.1, 0.15) is 104 Å². The molecule has 0 aliphatic rings. The molecule has 0 heterocycles. The highest BCUT2D eigenvalue weighted by atomic mass is 32.2. The van der Waals surface area contributed by atoms with Gasteiger partial charge in [-0.1, -0.05) is 70.6 Å². The van der Waals surface area contributed by atoms with Gasteiger partial charge in [0.15, 0.2) is 0 Å². The van der Waals surface area contributed by atoms with E-state index in [4.69, 9.17) is 0 Å². The third-order valence-corrected chi connectivity index (χ3v) is 6.56. The molecule has 0 saturated heterocycles. The Morgan fingerprint density at radius 1 is 0.769 bits per heavy atom. The zero-order valence-corrected chi connectivity index (χ0v) is 18.0. The first-order valence-corrected chi connectivity index (χ1v) is 12.0. The van der Waals surface area contributed by atoms with E-state index in [2.05, 4.69) is 9.46 Å². The second kappa shape index (κ2) is 16.5. The number of carbonyl (C=O) groups is 1. The van der Waals surface area contributed by atoms with Crippen molar-refractivity contribution in [2.24, 2.45) is 0 Å². The van der Waals surface area contributed by atoms with Crippen LogP contribution in [-0.2, 0) is 19.6 Å². The Kier molecular flexibility index (Phi) is 16.2. The van der Waals surface area contributed by atoms with Gasteiger partial charge >= 0.3 is 5.97 Å². The zero-order valence-electron chi connectivity index (χ0n) is 17.2. The number of methoxy groups -OCH3 is 1. The van der Waals surface area contributed by atoms with Crippen molar-refractivity contribution in [2.75, 3.05) is 13.7 Å². The van der Waals surface area contributed by atoms with E-state index in [0.29, 0.717) is 13.0 Å².